The summed E-state index contributed by atoms with van der Waals surface area (Å²) in [6.45, 7) is 0.409. The molecule has 1 aliphatic heterocycles. The second-order valence-corrected chi connectivity index (χ2v) is 4.10. The van der Waals surface area contributed by atoms with Crippen molar-refractivity contribution in [1.82, 2.24) is 4.90 Å². The van der Waals surface area contributed by atoms with E-state index in [0.717, 1.165) is 17.6 Å². The molecule has 0 bridgehead atoms. The summed E-state index contributed by atoms with van der Waals surface area (Å²) >= 11 is 0. The molecule has 96 valence electrons. The molecular weight excluding hydrogens is 234 g/mol. The third-order valence-corrected chi connectivity index (χ3v) is 3.10. The van der Waals surface area contributed by atoms with E-state index in [0.29, 0.717) is 6.54 Å². The van der Waals surface area contributed by atoms with Crippen LogP contribution in [0.1, 0.15) is 5.56 Å². The first-order valence-electron chi connectivity index (χ1n) is 5.62. The van der Waals surface area contributed by atoms with Crippen LogP contribution >= 0.6 is 0 Å². The van der Waals surface area contributed by atoms with E-state index in [2.05, 4.69) is 0 Å². The summed E-state index contributed by atoms with van der Waals surface area (Å²) in [4.78, 5) is 24.1. The first-order chi connectivity index (χ1) is 8.71. The molecule has 1 saturated heterocycles. The number of methoxy groups -OCH3 is 2. The first-order valence-corrected chi connectivity index (χ1v) is 5.62. The van der Waals surface area contributed by atoms with Gasteiger partial charge in [-0.3, -0.25) is 4.79 Å². The Labute approximate surface area is 105 Å². The molecule has 1 aliphatic rings. The van der Waals surface area contributed by atoms with Crippen LogP contribution in [0.4, 0.5) is 0 Å². The molecule has 1 heterocycles. The Kier molecular flexibility index (Phi) is 3.62. The Morgan fingerprint density at radius 1 is 1.28 bits per heavy atom. The maximum atomic E-state index is 11.7. The van der Waals surface area contributed by atoms with Crippen LogP contribution in [0.5, 0.6) is 5.75 Å². The van der Waals surface area contributed by atoms with Crippen molar-refractivity contribution in [3.05, 3.63) is 29.8 Å². The zero-order chi connectivity index (χ0) is 13.1. The number of aldehydes is 1. The SMILES string of the molecule is COc1ccc(CN2C(=O)[C@H](OC)[C@@H]2C=O)cc1. The summed E-state index contributed by atoms with van der Waals surface area (Å²) in [5.41, 5.74) is 0.950. The quantitative estimate of drug-likeness (QED) is 0.567. The summed E-state index contributed by atoms with van der Waals surface area (Å²) < 4.78 is 10.0. The number of ether oxygens (including phenoxy) is 2. The van der Waals surface area contributed by atoms with E-state index >= 15 is 0 Å². The van der Waals surface area contributed by atoms with E-state index in [4.69, 9.17) is 9.47 Å². The van der Waals surface area contributed by atoms with Crippen molar-refractivity contribution in [2.24, 2.45) is 0 Å². The molecule has 1 aromatic rings. The minimum Gasteiger partial charge on any atom is -0.497 e. The molecule has 1 fully saturated rings. The zero-order valence-corrected chi connectivity index (χ0v) is 10.3. The number of hydrogen-bond donors (Lipinski definition) is 0. The topological polar surface area (TPSA) is 55.8 Å². The van der Waals surface area contributed by atoms with Crippen molar-refractivity contribution >= 4 is 12.2 Å². The van der Waals surface area contributed by atoms with Gasteiger partial charge >= 0.3 is 0 Å². The number of β-lactam (4-membered cyclic amide) rings is 1. The van der Waals surface area contributed by atoms with Crippen LogP contribution in [-0.2, 0) is 20.9 Å². The van der Waals surface area contributed by atoms with Crippen molar-refractivity contribution < 1.29 is 19.1 Å². The van der Waals surface area contributed by atoms with Crippen LogP contribution in [0.2, 0.25) is 0 Å². The number of carbonyl (C=O) groups excluding carboxylic acids is 2. The lowest BCUT2D eigenvalue weighted by Crippen LogP contribution is -2.65. The molecule has 5 heteroatoms. The van der Waals surface area contributed by atoms with Gasteiger partial charge in [-0.2, -0.15) is 0 Å². The minimum absolute atomic E-state index is 0.148. The Morgan fingerprint density at radius 2 is 1.94 bits per heavy atom. The van der Waals surface area contributed by atoms with Gasteiger partial charge in [0.05, 0.1) is 7.11 Å². The lowest BCUT2D eigenvalue weighted by molar-refractivity contribution is -0.172. The van der Waals surface area contributed by atoms with Crippen LogP contribution < -0.4 is 4.74 Å². The summed E-state index contributed by atoms with van der Waals surface area (Å²) in [6, 6.07) is 6.90. The normalized spacial score (nSPS) is 22.6. The van der Waals surface area contributed by atoms with E-state index in [1.165, 1.54) is 12.0 Å². The Balaban J connectivity index is 2.05. The van der Waals surface area contributed by atoms with Gasteiger partial charge in [-0.1, -0.05) is 12.1 Å². The van der Waals surface area contributed by atoms with Crippen LogP contribution in [0.3, 0.4) is 0 Å². The molecule has 5 nitrogen and oxygen atoms in total. The highest BCUT2D eigenvalue weighted by Gasteiger charge is 2.47. The van der Waals surface area contributed by atoms with Crippen LogP contribution in [-0.4, -0.2) is 43.5 Å². The average molecular weight is 249 g/mol. The first kappa shape index (κ1) is 12.6. The van der Waals surface area contributed by atoms with E-state index < -0.39 is 12.1 Å². The highest BCUT2D eigenvalue weighted by molar-refractivity contribution is 5.95. The van der Waals surface area contributed by atoms with Crippen LogP contribution in [0.15, 0.2) is 24.3 Å². The second-order valence-electron chi connectivity index (χ2n) is 4.10. The number of hydrogen-bond acceptors (Lipinski definition) is 4. The van der Waals surface area contributed by atoms with Gasteiger partial charge < -0.3 is 19.2 Å². The van der Waals surface area contributed by atoms with Gasteiger partial charge in [0.2, 0.25) is 0 Å². The summed E-state index contributed by atoms with van der Waals surface area (Å²) in [5, 5.41) is 0. The summed E-state index contributed by atoms with van der Waals surface area (Å²) in [7, 11) is 3.03. The molecule has 0 spiro atoms. The molecular formula is C13H15NO4. The number of amides is 1. The molecule has 0 radical (unpaired) electrons. The lowest BCUT2D eigenvalue weighted by atomic mass is 9.98. The number of rotatable bonds is 5. The van der Waals surface area contributed by atoms with E-state index in [1.54, 1.807) is 7.11 Å². The molecule has 2 atom stereocenters. The fraction of sp³-hybridized carbons (Fsp3) is 0.385. The van der Waals surface area contributed by atoms with Gasteiger partial charge in [0, 0.05) is 13.7 Å². The fourth-order valence-corrected chi connectivity index (χ4v) is 2.03. The lowest BCUT2D eigenvalue weighted by Gasteiger charge is -2.43. The van der Waals surface area contributed by atoms with E-state index in [1.807, 2.05) is 24.3 Å². The standard InChI is InChI=1S/C13H15NO4/c1-17-10-5-3-9(4-6-10)7-14-11(8-15)12(18-2)13(14)16/h3-6,8,11-12H,7H2,1-2H3/t11-,12+/m0/s1. The van der Waals surface area contributed by atoms with Gasteiger partial charge in [0.1, 0.15) is 18.1 Å². The molecule has 1 aromatic carbocycles. The van der Waals surface area contributed by atoms with Gasteiger partial charge in [-0.05, 0) is 17.7 Å². The van der Waals surface area contributed by atoms with E-state index in [-0.39, 0.29) is 5.91 Å². The Hall–Kier alpha value is -1.88. The number of carbonyl (C=O) groups is 2. The van der Waals surface area contributed by atoms with Crippen LogP contribution in [0, 0.1) is 0 Å². The monoisotopic (exact) mass is 249 g/mol. The molecule has 18 heavy (non-hydrogen) atoms. The zero-order valence-electron chi connectivity index (χ0n) is 10.3. The largest absolute Gasteiger partial charge is 0.497 e. The second kappa shape index (κ2) is 5.18. The van der Waals surface area contributed by atoms with Crippen molar-refractivity contribution in [2.75, 3.05) is 14.2 Å². The molecule has 0 saturated carbocycles. The minimum atomic E-state index is -0.624. The fourth-order valence-electron chi connectivity index (χ4n) is 2.03. The number of benzene rings is 1. The third kappa shape index (κ3) is 2.09. The average Bonchev–Trinajstić information content (AvgIpc) is 2.42. The predicted molar refractivity (Wildman–Crippen MR) is 64.2 cm³/mol. The van der Waals surface area contributed by atoms with Gasteiger partial charge in [0.25, 0.3) is 5.91 Å². The smallest absolute Gasteiger partial charge is 0.255 e. The maximum absolute atomic E-state index is 11.7. The highest BCUT2D eigenvalue weighted by Crippen LogP contribution is 2.24. The number of nitrogens with zero attached hydrogens (tertiary/aromatic N) is 1. The van der Waals surface area contributed by atoms with Gasteiger partial charge in [-0.25, -0.2) is 0 Å². The molecule has 2 rings (SSSR count). The predicted octanol–water partition coefficient (Wildman–Crippen LogP) is 0.620. The third-order valence-electron chi connectivity index (χ3n) is 3.10. The summed E-state index contributed by atoms with van der Waals surface area (Å²) in [6.07, 6.45) is 0.125. The molecule has 0 aromatic heterocycles. The number of likely N-dealkylation sites (tertiary alicyclic amines) is 1. The highest BCUT2D eigenvalue weighted by atomic mass is 16.5. The Bertz CT molecular complexity index is 443. The van der Waals surface area contributed by atoms with E-state index in [9.17, 15) is 9.59 Å². The van der Waals surface area contributed by atoms with Crippen LogP contribution in [0.25, 0.3) is 0 Å². The van der Waals surface area contributed by atoms with Gasteiger partial charge in [-0.15, -0.1) is 0 Å². The molecule has 0 aliphatic carbocycles. The van der Waals surface area contributed by atoms with Crippen molar-refractivity contribution in [3.8, 4) is 5.75 Å². The van der Waals surface area contributed by atoms with Crippen molar-refractivity contribution in [3.63, 3.8) is 0 Å². The summed E-state index contributed by atoms with van der Waals surface area (Å²) in [5.74, 6) is 0.612. The Morgan fingerprint density at radius 3 is 2.44 bits per heavy atom. The van der Waals surface area contributed by atoms with Gasteiger partial charge in [0.15, 0.2) is 6.10 Å². The van der Waals surface area contributed by atoms with Crippen molar-refractivity contribution in [2.45, 2.75) is 18.7 Å². The molecule has 0 unspecified atom stereocenters. The maximum Gasteiger partial charge on any atom is 0.255 e. The molecule has 1 amide bonds. The van der Waals surface area contributed by atoms with Crippen molar-refractivity contribution in [1.29, 1.82) is 0 Å². The molecule has 0 N–H and O–H groups in total.